The van der Waals surface area contributed by atoms with Crippen molar-refractivity contribution in [1.29, 1.82) is 0 Å². The molecule has 0 aliphatic carbocycles. The molecule has 2 heterocycles. The summed E-state index contributed by atoms with van der Waals surface area (Å²) < 4.78 is 27.0. The molecule has 0 aromatic carbocycles. The summed E-state index contributed by atoms with van der Waals surface area (Å²) in [5, 5.41) is 4.98. The van der Waals surface area contributed by atoms with Crippen LogP contribution < -0.4 is 16.3 Å². The van der Waals surface area contributed by atoms with Crippen LogP contribution in [0.4, 0.5) is 5.82 Å². The quantitative estimate of drug-likeness (QED) is 0.262. The number of rotatable bonds is 11. The maximum absolute atomic E-state index is 12.7. The molecular formula is C21H28N4O11. The van der Waals surface area contributed by atoms with E-state index in [0.29, 0.717) is 0 Å². The first-order chi connectivity index (χ1) is 17.0. The second-order valence-electron chi connectivity index (χ2n) is 7.45. The van der Waals surface area contributed by atoms with Gasteiger partial charge in [0, 0.05) is 27.0 Å². The zero-order chi connectivity index (χ0) is 26.8. The lowest BCUT2D eigenvalue weighted by Crippen LogP contribution is -2.42. The van der Waals surface area contributed by atoms with E-state index in [1.165, 1.54) is 19.2 Å². The number of nitrogens with zero attached hydrogens (tertiary/aromatic N) is 2. The molecule has 1 aliphatic heterocycles. The number of anilines is 1. The van der Waals surface area contributed by atoms with Crippen LogP contribution >= 0.6 is 0 Å². The maximum atomic E-state index is 12.7. The van der Waals surface area contributed by atoms with E-state index in [-0.39, 0.29) is 32.1 Å². The molecular weight excluding hydrogens is 484 g/mol. The Morgan fingerprint density at radius 2 is 1.67 bits per heavy atom. The highest BCUT2D eigenvalue weighted by Gasteiger charge is 2.50. The van der Waals surface area contributed by atoms with Gasteiger partial charge in [0.2, 0.25) is 5.91 Å². The molecule has 15 heteroatoms. The molecule has 1 aromatic heterocycles. The largest absolute Gasteiger partial charge is 0.465 e. The van der Waals surface area contributed by atoms with Crippen molar-refractivity contribution in [3.63, 3.8) is 0 Å². The minimum Gasteiger partial charge on any atom is -0.465 e. The van der Waals surface area contributed by atoms with Gasteiger partial charge in [-0.1, -0.05) is 0 Å². The van der Waals surface area contributed by atoms with Crippen LogP contribution in [0.5, 0.6) is 0 Å². The van der Waals surface area contributed by atoms with Gasteiger partial charge >= 0.3 is 29.6 Å². The van der Waals surface area contributed by atoms with Gasteiger partial charge in [-0.15, -0.1) is 0 Å². The summed E-state index contributed by atoms with van der Waals surface area (Å²) in [5.41, 5.74) is -0.844. The predicted octanol–water partition coefficient (Wildman–Crippen LogP) is -1.34. The van der Waals surface area contributed by atoms with E-state index in [1.54, 1.807) is 6.92 Å². The fourth-order valence-electron chi connectivity index (χ4n) is 3.24. The van der Waals surface area contributed by atoms with E-state index in [2.05, 4.69) is 15.6 Å². The number of amides is 1. The monoisotopic (exact) mass is 512 g/mol. The number of carbonyl (C=O) groups is 5. The van der Waals surface area contributed by atoms with E-state index in [4.69, 9.17) is 23.7 Å². The summed E-state index contributed by atoms with van der Waals surface area (Å²) in [7, 11) is 0. The van der Waals surface area contributed by atoms with Crippen LogP contribution in [0.2, 0.25) is 0 Å². The number of nitrogens with one attached hydrogen (secondary N) is 2. The van der Waals surface area contributed by atoms with Crippen molar-refractivity contribution < 1.29 is 47.7 Å². The molecule has 0 radical (unpaired) electrons. The summed E-state index contributed by atoms with van der Waals surface area (Å²) in [6.45, 7) is 4.33. The number of hydrogen-bond acceptors (Lipinski definition) is 13. The third-order valence-corrected chi connectivity index (χ3v) is 4.61. The topological polar surface area (TPSA) is 190 Å². The average molecular weight is 512 g/mol. The summed E-state index contributed by atoms with van der Waals surface area (Å²) in [6, 6.07) is 1.36. The first-order valence-electron chi connectivity index (χ1n) is 10.9. The number of ether oxygens (including phenoxy) is 5. The first-order valence-corrected chi connectivity index (χ1v) is 10.9. The van der Waals surface area contributed by atoms with Gasteiger partial charge < -0.3 is 34.3 Å². The lowest BCUT2D eigenvalue weighted by molar-refractivity contribution is -0.166. The van der Waals surface area contributed by atoms with Gasteiger partial charge in [-0.25, -0.2) is 4.79 Å². The Hall–Kier alpha value is -4.01. The first kappa shape index (κ1) is 28.2. The van der Waals surface area contributed by atoms with E-state index < -0.39 is 60.0 Å². The normalized spacial score (nSPS) is 20.7. The van der Waals surface area contributed by atoms with Crippen LogP contribution in [0, 0.1) is 0 Å². The van der Waals surface area contributed by atoms with E-state index in [9.17, 15) is 28.8 Å². The van der Waals surface area contributed by atoms with Gasteiger partial charge in [-0.05, 0) is 13.0 Å². The fourth-order valence-corrected chi connectivity index (χ4v) is 3.24. The molecule has 1 amide bonds. The van der Waals surface area contributed by atoms with Crippen LogP contribution in [0.25, 0.3) is 0 Å². The van der Waals surface area contributed by atoms with Gasteiger partial charge in [0.15, 0.2) is 18.4 Å². The molecule has 1 aromatic rings. The molecule has 0 saturated carbocycles. The van der Waals surface area contributed by atoms with Crippen molar-refractivity contribution in [3.8, 4) is 0 Å². The second kappa shape index (κ2) is 13.2. The molecule has 1 saturated heterocycles. The van der Waals surface area contributed by atoms with Crippen LogP contribution in [-0.4, -0.2) is 84.0 Å². The summed E-state index contributed by atoms with van der Waals surface area (Å²) in [5.74, 6) is -3.15. The molecule has 0 bridgehead atoms. The van der Waals surface area contributed by atoms with Gasteiger partial charge in [-0.2, -0.15) is 4.98 Å². The van der Waals surface area contributed by atoms with Crippen molar-refractivity contribution in [2.24, 2.45) is 0 Å². The Balaban J connectivity index is 2.17. The summed E-state index contributed by atoms with van der Waals surface area (Å²) in [6.07, 6.45) is -3.46. The Bertz CT molecular complexity index is 1040. The highest BCUT2D eigenvalue weighted by molar-refractivity contribution is 5.84. The van der Waals surface area contributed by atoms with Crippen LogP contribution in [0.15, 0.2) is 17.1 Å². The molecule has 0 spiro atoms. The fraction of sp³-hybridized carbons (Fsp3) is 0.571. The zero-order valence-electron chi connectivity index (χ0n) is 20.2. The lowest BCUT2D eigenvalue weighted by atomic mass is 10.1. The third-order valence-electron chi connectivity index (χ3n) is 4.61. The van der Waals surface area contributed by atoms with E-state index in [1.807, 2.05) is 0 Å². The number of hydrogen-bond donors (Lipinski definition) is 2. The van der Waals surface area contributed by atoms with Crippen molar-refractivity contribution in [1.82, 2.24) is 14.9 Å². The lowest BCUT2D eigenvalue weighted by Gasteiger charge is -2.23. The molecule has 2 rings (SSSR count). The van der Waals surface area contributed by atoms with Crippen LogP contribution in [0.3, 0.4) is 0 Å². The Kier molecular flexibility index (Phi) is 10.3. The van der Waals surface area contributed by atoms with E-state index in [0.717, 1.165) is 18.4 Å². The molecule has 1 aliphatic rings. The second-order valence-corrected chi connectivity index (χ2v) is 7.45. The zero-order valence-corrected chi connectivity index (χ0v) is 20.2. The standard InChI is InChI=1S/C21H28N4O11/c1-5-32-17(30)9-23-16(29)8-22-15-6-7-25(21(31)24-15)20-19(35-13(4)28)18(34-12(3)27)14(36-20)10-33-11(2)26/h6-7,14,18-20H,5,8-10H2,1-4H3,(H,23,29)(H,22,24,31)/t14-,18-,19-,20-/m1/s1. The molecule has 198 valence electrons. The Labute approximate surface area is 205 Å². The highest BCUT2D eigenvalue weighted by atomic mass is 16.7. The molecule has 1 fully saturated rings. The van der Waals surface area contributed by atoms with Gasteiger partial charge in [0.1, 0.15) is 25.1 Å². The molecule has 36 heavy (non-hydrogen) atoms. The Morgan fingerprint density at radius 3 is 2.25 bits per heavy atom. The number of esters is 4. The maximum Gasteiger partial charge on any atom is 0.351 e. The van der Waals surface area contributed by atoms with Gasteiger partial charge in [-0.3, -0.25) is 28.5 Å². The van der Waals surface area contributed by atoms with Gasteiger partial charge in [0.25, 0.3) is 0 Å². The van der Waals surface area contributed by atoms with E-state index >= 15 is 0 Å². The minimum atomic E-state index is -1.26. The summed E-state index contributed by atoms with van der Waals surface area (Å²) in [4.78, 5) is 74.3. The van der Waals surface area contributed by atoms with Gasteiger partial charge in [0.05, 0.1) is 13.2 Å². The average Bonchev–Trinajstić information content (AvgIpc) is 3.10. The predicted molar refractivity (Wildman–Crippen MR) is 118 cm³/mol. The molecule has 2 N–H and O–H groups in total. The van der Waals surface area contributed by atoms with Crippen LogP contribution in [0.1, 0.15) is 33.9 Å². The van der Waals surface area contributed by atoms with Crippen LogP contribution in [-0.2, 0) is 47.7 Å². The van der Waals surface area contributed by atoms with Crippen molar-refractivity contribution in [2.75, 3.05) is 31.6 Å². The number of aromatic nitrogens is 2. The molecule has 15 nitrogen and oxygen atoms in total. The third kappa shape index (κ3) is 8.33. The smallest absolute Gasteiger partial charge is 0.351 e. The van der Waals surface area contributed by atoms with Crippen molar-refractivity contribution >= 4 is 35.6 Å². The summed E-state index contributed by atoms with van der Waals surface area (Å²) >= 11 is 0. The minimum absolute atomic E-state index is 0.0394. The Morgan fingerprint density at radius 1 is 1.00 bits per heavy atom. The number of carbonyl (C=O) groups excluding carboxylic acids is 5. The van der Waals surface area contributed by atoms with Crippen molar-refractivity contribution in [2.45, 2.75) is 52.2 Å². The SMILES string of the molecule is CCOC(=O)CNC(=O)CNc1ccn([C@@H]2O[C@H](COC(C)=O)[C@@H](OC(C)=O)[C@H]2OC(C)=O)c(=O)n1. The highest BCUT2D eigenvalue weighted by Crippen LogP contribution is 2.33. The van der Waals surface area contributed by atoms with Crippen molar-refractivity contribution in [3.05, 3.63) is 22.7 Å². The molecule has 0 unspecified atom stereocenters. The molecule has 4 atom stereocenters.